The fraction of sp³-hybridized carbons (Fsp3) is 0.800. The molecule has 0 bridgehead atoms. The summed E-state index contributed by atoms with van der Waals surface area (Å²) in [6, 6.07) is 0. The molecule has 34 heavy (non-hydrogen) atoms. The second kappa shape index (κ2) is 18.7. The molecule has 0 fully saturated rings. The van der Waals surface area contributed by atoms with Crippen LogP contribution in [0.5, 0.6) is 0 Å². The predicted molar refractivity (Wildman–Crippen MR) is 124 cm³/mol. The molecule has 0 saturated carbocycles. The highest BCUT2D eigenvalue weighted by Gasteiger charge is 2.15. The zero-order valence-corrected chi connectivity index (χ0v) is 20.9. The summed E-state index contributed by atoms with van der Waals surface area (Å²) >= 11 is 0. The number of amides is 1. The summed E-state index contributed by atoms with van der Waals surface area (Å²) in [4.78, 5) is 22.1. The number of hydrogen-bond donors (Lipinski definition) is 4. The summed E-state index contributed by atoms with van der Waals surface area (Å²) in [5.74, 6) is -1.09. The molecular weight excluding hydrogens is 494 g/mol. The van der Waals surface area contributed by atoms with Gasteiger partial charge in [0.1, 0.15) is 0 Å². The van der Waals surface area contributed by atoms with Gasteiger partial charge in [0.25, 0.3) is 0 Å². The van der Waals surface area contributed by atoms with Crippen molar-refractivity contribution in [3.05, 3.63) is 12.2 Å². The molecule has 0 saturated heterocycles. The van der Waals surface area contributed by atoms with E-state index in [-0.39, 0.29) is 25.5 Å². The second-order valence-corrected chi connectivity index (χ2v) is 9.89. The van der Waals surface area contributed by atoms with Gasteiger partial charge in [0.15, 0.2) is 0 Å². The van der Waals surface area contributed by atoms with Crippen molar-refractivity contribution in [3.63, 3.8) is 0 Å². The molecule has 0 rings (SSSR count). The molecule has 0 aromatic heterocycles. The Morgan fingerprint density at radius 1 is 0.824 bits per heavy atom. The van der Waals surface area contributed by atoms with Crippen molar-refractivity contribution < 1.29 is 49.0 Å². The number of allylic oxidation sites excluding steroid dienone is 1. The van der Waals surface area contributed by atoms with Gasteiger partial charge in [0, 0.05) is 19.4 Å². The van der Waals surface area contributed by atoms with E-state index in [0.29, 0.717) is 44.9 Å². The number of unbranched alkanes of at least 4 members (excludes halogenated alkanes) is 7. The smallest absolute Gasteiger partial charge is 0.397 e. The zero-order chi connectivity index (χ0) is 25.9. The SMILES string of the molecule is O=C(O)CCCCC[C@H](C/C=C\CCCCCCCC(=O)NCCOS(=O)(=O)O)OS(=O)(=O)O. The normalized spacial score (nSPS) is 13.2. The number of carboxylic acid groups (broad SMARTS) is 1. The summed E-state index contributed by atoms with van der Waals surface area (Å²) in [7, 11) is -9.05. The van der Waals surface area contributed by atoms with Crippen LogP contribution in [0.2, 0.25) is 0 Å². The molecule has 200 valence electrons. The van der Waals surface area contributed by atoms with Crippen LogP contribution in [0.4, 0.5) is 0 Å². The van der Waals surface area contributed by atoms with E-state index in [0.717, 1.165) is 32.1 Å². The zero-order valence-electron chi connectivity index (χ0n) is 19.3. The lowest BCUT2D eigenvalue weighted by Gasteiger charge is -2.13. The molecule has 0 aromatic rings. The molecule has 0 radical (unpaired) electrons. The topological polar surface area (TPSA) is 194 Å². The summed E-state index contributed by atoms with van der Waals surface area (Å²) in [5, 5.41) is 11.1. The predicted octanol–water partition coefficient (Wildman–Crippen LogP) is 2.82. The van der Waals surface area contributed by atoms with Gasteiger partial charge in [-0.25, -0.2) is 8.37 Å². The number of carbonyl (C=O) groups is 2. The average Bonchev–Trinajstić information content (AvgIpc) is 2.70. The molecule has 1 atom stereocenters. The van der Waals surface area contributed by atoms with E-state index in [4.69, 9.17) is 14.2 Å². The maximum Gasteiger partial charge on any atom is 0.397 e. The number of hydrogen-bond acceptors (Lipinski definition) is 8. The molecule has 0 aliphatic heterocycles. The number of carboxylic acids is 1. The monoisotopic (exact) mass is 531 g/mol. The van der Waals surface area contributed by atoms with Crippen LogP contribution in [-0.4, -0.2) is 62.2 Å². The van der Waals surface area contributed by atoms with E-state index in [1.54, 1.807) is 0 Å². The van der Waals surface area contributed by atoms with Gasteiger partial charge in [-0.2, -0.15) is 16.8 Å². The third-order valence-electron chi connectivity index (χ3n) is 4.67. The van der Waals surface area contributed by atoms with Crippen LogP contribution in [0.1, 0.15) is 83.5 Å². The summed E-state index contributed by atoms with van der Waals surface area (Å²) in [6.07, 6.45) is 11.0. The first-order chi connectivity index (χ1) is 15.9. The fourth-order valence-corrected chi connectivity index (χ4v) is 3.88. The van der Waals surface area contributed by atoms with E-state index in [1.165, 1.54) is 0 Å². The molecule has 1 amide bonds. The molecule has 12 nitrogen and oxygen atoms in total. The molecule has 0 aromatic carbocycles. The molecule has 0 spiro atoms. The van der Waals surface area contributed by atoms with Gasteiger partial charge < -0.3 is 10.4 Å². The Hall–Kier alpha value is -1.58. The molecule has 14 heteroatoms. The maximum absolute atomic E-state index is 11.6. The van der Waals surface area contributed by atoms with Crippen LogP contribution in [-0.2, 0) is 38.8 Å². The number of rotatable bonds is 22. The van der Waals surface area contributed by atoms with Crippen molar-refractivity contribution in [2.45, 2.75) is 89.6 Å². The lowest BCUT2D eigenvalue weighted by molar-refractivity contribution is -0.137. The van der Waals surface area contributed by atoms with E-state index in [9.17, 15) is 26.4 Å². The number of aliphatic carboxylic acids is 1. The summed E-state index contributed by atoms with van der Waals surface area (Å²) in [5.41, 5.74) is 0. The Morgan fingerprint density at radius 2 is 1.44 bits per heavy atom. The van der Waals surface area contributed by atoms with Crippen LogP contribution in [0.15, 0.2) is 12.2 Å². The van der Waals surface area contributed by atoms with Crippen molar-refractivity contribution in [2.24, 2.45) is 0 Å². The first kappa shape index (κ1) is 32.4. The van der Waals surface area contributed by atoms with Gasteiger partial charge in [-0.15, -0.1) is 0 Å². The number of carbonyl (C=O) groups excluding carboxylic acids is 1. The standard InChI is InChI=1S/C20H37NO11S2/c22-19(21-16-17-31-33(25,26)27)14-10-6-4-2-1-3-5-8-12-18(32-34(28,29)30)13-9-7-11-15-20(23)24/h5,8,18H,1-4,6-7,9-17H2,(H,21,22)(H,23,24)(H,25,26,27)(H,28,29,30)/b8-5-/t18-/m0/s1. The lowest BCUT2D eigenvalue weighted by atomic mass is 10.1. The van der Waals surface area contributed by atoms with Gasteiger partial charge in [0.05, 0.1) is 12.7 Å². The van der Waals surface area contributed by atoms with Gasteiger partial charge >= 0.3 is 26.8 Å². The molecule has 4 N–H and O–H groups in total. The minimum atomic E-state index is -4.56. The van der Waals surface area contributed by atoms with Crippen LogP contribution >= 0.6 is 0 Å². The van der Waals surface area contributed by atoms with E-state index in [1.807, 2.05) is 12.2 Å². The molecule has 0 unspecified atom stereocenters. The maximum atomic E-state index is 11.6. The van der Waals surface area contributed by atoms with E-state index in [2.05, 4.69) is 13.7 Å². The molecular formula is C20H37NO11S2. The van der Waals surface area contributed by atoms with Gasteiger partial charge in [-0.1, -0.05) is 44.3 Å². The quantitative estimate of drug-likeness (QED) is 0.0911. The van der Waals surface area contributed by atoms with Gasteiger partial charge in [-0.05, 0) is 38.5 Å². The first-order valence-electron chi connectivity index (χ1n) is 11.3. The fourth-order valence-electron chi connectivity index (χ4n) is 3.07. The van der Waals surface area contributed by atoms with Crippen LogP contribution < -0.4 is 5.32 Å². The van der Waals surface area contributed by atoms with Crippen molar-refractivity contribution in [2.75, 3.05) is 13.2 Å². The first-order valence-corrected chi connectivity index (χ1v) is 14.0. The molecule has 0 aliphatic carbocycles. The van der Waals surface area contributed by atoms with Crippen molar-refractivity contribution in [1.29, 1.82) is 0 Å². The van der Waals surface area contributed by atoms with Crippen molar-refractivity contribution >= 4 is 32.7 Å². The summed E-state index contributed by atoms with van der Waals surface area (Å²) in [6.45, 7) is -0.334. The second-order valence-electron chi connectivity index (χ2n) is 7.75. The number of nitrogens with one attached hydrogen (secondary N) is 1. The third-order valence-corrected chi connectivity index (χ3v) is 5.65. The van der Waals surface area contributed by atoms with Crippen molar-refractivity contribution in [1.82, 2.24) is 5.32 Å². The Morgan fingerprint density at radius 3 is 2.09 bits per heavy atom. The van der Waals surface area contributed by atoms with Crippen LogP contribution in [0, 0.1) is 0 Å². The highest BCUT2D eigenvalue weighted by molar-refractivity contribution is 7.81. The van der Waals surface area contributed by atoms with Crippen LogP contribution in [0.25, 0.3) is 0 Å². The summed E-state index contributed by atoms with van der Waals surface area (Å²) < 4.78 is 68.8. The average molecular weight is 532 g/mol. The highest BCUT2D eigenvalue weighted by Crippen LogP contribution is 2.15. The Kier molecular flexibility index (Phi) is 17.8. The minimum Gasteiger partial charge on any atom is -0.481 e. The Labute approximate surface area is 202 Å². The van der Waals surface area contributed by atoms with Gasteiger partial charge in [0.2, 0.25) is 5.91 Å². The Bertz CT molecular complexity index is 810. The van der Waals surface area contributed by atoms with Gasteiger partial charge in [-0.3, -0.25) is 18.7 Å². The van der Waals surface area contributed by atoms with Crippen molar-refractivity contribution in [3.8, 4) is 0 Å². The third kappa shape index (κ3) is 25.1. The van der Waals surface area contributed by atoms with E-state index >= 15 is 0 Å². The molecule has 0 heterocycles. The highest BCUT2D eigenvalue weighted by atomic mass is 32.3. The van der Waals surface area contributed by atoms with Crippen LogP contribution in [0.3, 0.4) is 0 Å². The Balaban J connectivity index is 3.85. The largest absolute Gasteiger partial charge is 0.481 e. The lowest BCUT2D eigenvalue weighted by Crippen LogP contribution is -2.27. The van der Waals surface area contributed by atoms with E-state index < -0.39 is 32.9 Å². The minimum absolute atomic E-state index is 0.00812. The molecule has 0 aliphatic rings.